The second-order valence-electron chi connectivity index (χ2n) is 4.28. The van der Waals surface area contributed by atoms with Crippen molar-refractivity contribution in [3.8, 4) is 0 Å². The number of aromatic carboxylic acids is 1. The summed E-state index contributed by atoms with van der Waals surface area (Å²) in [4.78, 5) is 15.3. The second kappa shape index (κ2) is 4.73. The minimum absolute atomic E-state index is 0.0229. The highest BCUT2D eigenvalue weighted by atomic mass is 19.1. The van der Waals surface area contributed by atoms with E-state index in [2.05, 4.69) is 10.1 Å². The van der Waals surface area contributed by atoms with Gasteiger partial charge in [0.1, 0.15) is 5.82 Å². The summed E-state index contributed by atoms with van der Waals surface area (Å²) in [5.41, 5.74) is 0.923. The number of benzene rings is 1. The van der Waals surface area contributed by atoms with E-state index < -0.39 is 5.97 Å². The van der Waals surface area contributed by atoms with Gasteiger partial charge >= 0.3 is 5.97 Å². The Morgan fingerprint density at radius 1 is 1.20 bits per heavy atom. The fraction of sp³-hybridized carbons (Fsp3) is 0.0714. The Morgan fingerprint density at radius 3 is 2.75 bits per heavy atom. The van der Waals surface area contributed by atoms with E-state index in [1.807, 2.05) is 0 Å². The average Bonchev–Trinajstić information content (AvgIpc) is 2.83. The van der Waals surface area contributed by atoms with Gasteiger partial charge in [-0.05, 0) is 23.8 Å². The van der Waals surface area contributed by atoms with Gasteiger partial charge in [0.05, 0.1) is 0 Å². The predicted octanol–water partition coefficient (Wildman–Crippen LogP) is 2.16. The minimum Gasteiger partial charge on any atom is -0.477 e. The Hall–Kier alpha value is -2.76. The summed E-state index contributed by atoms with van der Waals surface area (Å²) in [6, 6.07) is 11.1. The summed E-state index contributed by atoms with van der Waals surface area (Å²) in [7, 11) is 0. The van der Waals surface area contributed by atoms with Crippen LogP contribution in [0.4, 0.5) is 4.39 Å². The molecule has 2 aromatic heterocycles. The number of pyridine rings is 1. The smallest absolute Gasteiger partial charge is 0.354 e. The molecule has 0 unspecified atom stereocenters. The van der Waals surface area contributed by atoms with Crippen molar-refractivity contribution in [1.82, 2.24) is 14.6 Å². The summed E-state index contributed by atoms with van der Waals surface area (Å²) in [5, 5.41) is 13.2. The van der Waals surface area contributed by atoms with E-state index in [1.54, 1.807) is 30.3 Å². The summed E-state index contributed by atoms with van der Waals surface area (Å²) in [6.45, 7) is 0. The quantitative estimate of drug-likeness (QED) is 0.792. The van der Waals surface area contributed by atoms with Crippen molar-refractivity contribution >= 4 is 11.6 Å². The molecule has 1 aromatic carbocycles. The maximum atomic E-state index is 13.6. The first-order chi connectivity index (χ1) is 9.65. The van der Waals surface area contributed by atoms with Crippen LogP contribution in [0.5, 0.6) is 0 Å². The molecule has 0 aliphatic heterocycles. The lowest BCUT2D eigenvalue weighted by atomic mass is 10.1. The van der Waals surface area contributed by atoms with E-state index in [0.29, 0.717) is 17.0 Å². The first-order valence-corrected chi connectivity index (χ1v) is 5.96. The van der Waals surface area contributed by atoms with Crippen LogP contribution in [0.2, 0.25) is 0 Å². The van der Waals surface area contributed by atoms with Crippen molar-refractivity contribution < 1.29 is 14.3 Å². The Labute approximate surface area is 113 Å². The molecule has 2 heterocycles. The molecule has 3 aromatic rings. The highest BCUT2D eigenvalue weighted by Gasteiger charge is 2.13. The van der Waals surface area contributed by atoms with Crippen LogP contribution in [0.25, 0.3) is 5.65 Å². The Morgan fingerprint density at radius 2 is 2.00 bits per heavy atom. The van der Waals surface area contributed by atoms with Gasteiger partial charge < -0.3 is 5.11 Å². The van der Waals surface area contributed by atoms with E-state index in [0.717, 1.165) is 0 Å². The van der Waals surface area contributed by atoms with Gasteiger partial charge in [0.2, 0.25) is 0 Å². The number of hydrogen-bond acceptors (Lipinski definition) is 3. The SMILES string of the molecule is O=C(O)c1cccc2nc(Cc3ccccc3F)nn12. The average molecular weight is 271 g/mol. The fourth-order valence-electron chi connectivity index (χ4n) is 2.00. The maximum absolute atomic E-state index is 13.6. The standard InChI is InChI=1S/C14H10FN3O2/c15-10-5-2-1-4-9(10)8-12-16-13-7-3-6-11(14(19)20)18(13)17-12/h1-7H,8H2,(H,19,20). The molecule has 1 N–H and O–H groups in total. The molecule has 0 amide bonds. The van der Waals surface area contributed by atoms with Crippen LogP contribution in [0.15, 0.2) is 42.5 Å². The Kier molecular flexibility index (Phi) is 2.90. The number of nitrogens with zero attached hydrogens (tertiary/aromatic N) is 3. The monoisotopic (exact) mass is 271 g/mol. The lowest BCUT2D eigenvalue weighted by Gasteiger charge is -1.98. The molecule has 0 fully saturated rings. The van der Waals surface area contributed by atoms with Crippen molar-refractivity contribution in [2.24, 2.45) is 0 Å². The largest absolute Gasteiger partial charge is 0.477 e. The van der Waals surface area contributed by atoms with Crippen molar-refractivity contribution in [2.45, 2.75) is 6.42 Å². The number of carboxylic acid groups (broad SMARTS) is 1. The topological polar surface area (TPSA) is 67.5 Å². The third-order valence-electron chi connectivity index (χ3n) is 2.93. The first kappa shape index (κ1) is 12.3. The number of carbonyl (C=O) groups is 1. The van der Waals surface area contributed by atoms with Crippen molar-refractivity contribution in [3.05, 3.63) is 65.4 Å². The van der Waals surface area contributed by atoms with Gasteiger partial charge in [-0.1, -0.05) is 24.3 Å². The van der Waals surface area contributed by atoms with Gasteiger partial charge in [0, 0.05) is 6.42 Å². The highest BCUT2D eigenvalue weighted by Crippen LogP contribution is 2.12. The van der Waals surface area contributed by atoms with Crippen molar-refractivity contribution in [1.29, 1.82) is 0 Å². The molecule has 0 saturated carbocycles. The van der Waals surface area contributed by atoms with Crippen molar-refractivity contribution in [2.75, 3.05) is 0 Å². The zero-order valence-corrected chi connectivity index (χ0v) is 10.3. The molecular formula is C14H10FN3O2. The molecular weight excluding hydrogens is 261 g/mol. The predicted molar refractivity (Wildman–Crippen MR) is 69.2 cm³/mol. The van der Waals surface area contributed by atoms with Crippen LogP contribution in [0.3, 0.4) is 0 Å². The molecule has 6 heteroatoms. The van der Waals surface area contributed by atoms with Crippen LogP contribution in [0.1, 0.15) is 21.9 Å². The van der Waals surface area contributed by atoms with E-state index in [-0.39, 0.29) is 17.9 Å². The van der Waals surface area contributed by atoms with Crippen LogP contribution >= 0.6 is 0 Å². The molecule has 0 aliphatic rings. The molecule has 0 spiro atoms. The molecule has 0 aliphatic carbocycles. The third-order valence-corrected chi connectivity index (χ3v) is 2.93. The molecule has 20 heavy (non-hydrogen) atoms. The zero-order valence-electron chi connectivity index (χ0n) is 10.3. The number of fused-ring (bicyclic) bond motifs is 1. The third kappa shape index (κ3) is 2.11. The number of carboxylic acids is 1. The van der Waals surface area contributed by atoms with Gasteiger partial charge in [-0.3, -0.25) is 0 Å². The number of halogens is 1. The molecule has 3 rings (SSSR count). The van der Waals surface area contributed by atoms with Crippen LogP contribution in [-0.4, -0.2) is 25.7 Å². The van der Waals surface area contributed by atoms with Gasteiger partial charge in [-0.15, -0.1) is 0 Å². The van der Waals surface area contributed by atoms with Crippen molar-refractivity contribution in [3.63, 3.8) is 0 Å². The Balaban J connectivity index is 2.04. The van der Waals surface area contributed by atoms with E-state index in [4.69, 9.17) is 5.11 Å². The lowest BCUT2D eigenvalue weighted by molar-refractivity contribution is 0.0687. The molecule has 0 bridgehead atoms. The fourth-order valence-corrected chi connectivity index (χ4v) is 2.00. The van der Waals surface area contributed by atoms with E-state index >= 15 is 0 Å². The Bertz CT molecular complexity index is 798. The van der Waals surface area contributed by atoms with Crippen LogP contribution < -0.4 is 0 Å². The van der Waals surface area contributed by atoms with Gasteiger partial charge in [-0.25, -0.2) is 18.7 Å². The summed E-state index contributed by atoms with van der Waals surface area (Å²) in [6.07, 6.45) is 0.216. The second-order valence-corrected chi connectivity index (χ2v) is 4.28. The number of rotatable bonds is 3. The van der Waals surface area contributed by atoms with E-state index in [9.17, 15) is 9.18 Å². The van der Waals surface area contributed by atoms with Gasteiger partial charge in [0.25, 0.3) is 0 Å². The molecule has 0 atom stereocenters. The van der Waals surface area contributed by atoms with E-state index in [1.165, 1.54) is 16.6 Å². The highest BCUT2D eigenvalue weighted by molar-refractivity contribution is 5.86. The summed E-state index contributed by atoms with van der Waals surface area (Å²) < 4.78 is 14.8. The summed E-state index contributed by atoms with van der Waals surface area (Å²) >= 11 is 0. The van der Waals surface area contributed by atoms with Gasteiger partial charge in [-0.2, -0.15) is 5.10 Å². The molecule has 100 valence electrons. The maximum Gasteiger partial charge on any atom is 0.354 e. The molecule has 0 radical (unpaired) electrons. The lowest BCUT2D eigenvalue weighted by Crippen LogP contribution is -2.06. The first-order valence-electron chi connectivity index (χ1n) is 5.96. The minimum atomic E-state index is -1.09. The summed E-state index contributed by atoms with van der Waals surface area (Å²) in [5.74, 6) is -1.04. The van der Waals surface area contributed by atoms with Crippen LogP contribution in [-0.2, 0) is 6.42 Å². The number of aromatic nitrogens is 3. The number of hydrogen-bond donors (Lipinski definition) is 1. The zero-order chi connectivity index (χ0) is 14.1. The van der Waals surface area contributed by atoms with Crippen LogP contribution in [0, 0.1) is 5.82 Å². The van der Waals surface area contributed by atoms with Gasteiger partial charge in [0.15, 0.2) is 17.2 Å². The molecule has 5 nitrogen and oxygen atoms in total. The normalized spacial score (nSPS) is 10.8. The molecule has 0 saturated heterocycles.